The van der Waals surface area contributed by atoms with E-state index in [1.807, 2.05) is 0 Å². The number of carbonyl (C=O) groups is 2. The molecule has 1 aromatic heterocycles. The maximum atomic E-state index is 13.3. The number of ketones is 1. The minimum Gasteiger partial charge on any atom is -0.507 e. The quantitative estimate of drug-likeness (QED) is 0.281. The van der Waals surface area contributed by atoms with Crippen molar-refractivity contribution in [1.29, 1.82) is 0 Å². The molecule has 2 aliphatic rings. The summed E-state index contributed by atoms with van der Waals surface area (Å²) >= 11 is 0. The zero-order valence-electron chi connectivity index (χ0n) is 20.8. The van der Waals surface area contributed by atoms with E-state index in [1.54, 1.807) is 48.8 Å². The van der Waals surface area contributed by atoms with Gasteiger partial charge in [-0.3, -0.25) is 14.6 Å². The van der Waals surface area contributed by atoms with Crippen molar-refractivity contribution in [3.05, 3.63) is 95.3 Å². The monoisotopic (exact) mass is 533 g/mol. The van der Waals surface area contributed by atoms with E-state index in [2.05, 4.69) is 4.98 Å². The maximum Gasteiger partial charge on any atom is 0.295 e. The topological polar surface area (TPSA) is 117 Å². The highest BCUT2D eigenvalue weighted by Gasteiger charge is 2.46. The van der Waals surface area contributed by atoms with Gasteiger partial charge in [-0.15, -0.1) is 0 Å². The predicted octanol–water partition coefficient (Wildman–Crippen LogP) is 3.50. The van der Waals surface area contributed by atoms with Crippen molar-refractivity contribution >= 4 is 27.5 Å². The number of ether oxygens (including phenoxy) is 1. The van der Waals surface area contributed by atoms with Crippen LogP contribution in [0.25, 0.3) is 5.76 Å². The molecule has 196 valence electrons. The number of amides is 1. The fraction of sp³-hybridized carbons (Fsp3) is 0.250. The van der Waals surface area contributed by atoms with Crippen LogP contribution in [0.1, 0.15) is 35.6 Å². The van der Waals surface area contributed by atoms with Crippen molar-refractivity contribution in [2.75, 3.05) is 20.2 Å². The van der Waals surface area contributed by atoms with E-state index in [-0.39, 0.29) is 28.3 Å². The highest BCUT2D eigenvalue weighted by Crippen LogP contribution is 2.40. The first kappa shape index (κ1) is 25.6. The van der Waals surface area contributed by atoms with Gasteiger partial charge in [0.2, 0.25) is 10.0 Å². The van der Waals surface area contributed by atoms with E-state index in [1.165, 1.54) is 40.6 Å². The van der Waals surface area contributed by atoms with Crippen LogP contribution in [-0.4, -0.2) is 59.6 Å². The molecule has 0 spiro atoms. The normalized spacial score (nSPS) is 19.7. The molecule has 3 aromatic rings. The molecule has 2 aliphatic heterocycles. The second kappa shape index (κ2) is 10.4. The van der Waals surface area contributed by atoms with Crippen molar-refractivity contribution in [3.63, 3.8) is 0 Å². The number of aromatic nitrogens is 1. The van der Waals surface area contributed by atoms with Crippen molar-refractivity contribution in [2.45, 2.75) is 30.3 Å². The third-order valence-corrected chi connectivity index (χ3v) is 8.79. The van der Waals surface area contributed by atoms with Gasteiger partial charge in [-0.2, -0.15) is 4.31 Å². The summed E-state index contributed by atoms with van der Waals surface area (Å²) in [5.74, 6) is -1.33. The average Bonchev–Trinajstić information content (AvgIpc) is 3.58. The molecule has 1 N–H and O–H groups in total. The van der Waals surface area contributed by atoms with Crippen molar-refractivity contribution in [3.8, 4) is 5.75 Å². The molecule has 1 atom stereocenters. The van der Waals surface area contributed by atoms with Gasteiger partial charge >= 0.3 is 0 Å². The summed E-state index contributed by atoms with van der Waals surface area (Å²) in [5.41, 5.74) is 1.51. The van der Waals surface area contributed by atoms with Gasteiger partial charge in [0.05, 0.1) is 23.6 Å². The minimum atomic E-state index is -3.63. The Morgan fingerprint density at radius 3 is 2.32 bits per heavy atom. The SMILES string of the molecule is COc1ccc([C@@H]2C(=C(O)c3ccc(S(=O)(=O)N4CCCC4)cc3)C(=O)C(=O)N2Cc2cccnc2)cc1. The molecule has 0 unspecified atom stereocenters. The number of nitrogens with zero attached hydrogens (tertiary/aromatic N) is 3. The molecule has 0 bridgehead atoms. The predicted molar refractivity (Wildman–Crippen MR) is 140 cm³/mol. The number of sulfonamides is 1. The lowest BCUT2D eigenvalue weighted by atomic mass is 9.95. The Labute approximate surface area is 221 Å². The van der Waals surface area contributed by atoms with E-state index >= 15 is 0 Å². The summed E-state index contributed by atoms with van der Waals surface area (Å²) in [7, 11) is -2.10. The fourth-order valence-electron chi connectivity index (χ4n) is 4.88. The Balaban J connectivity index is 1.56. The van der Waals surface area contributed by atoms with Gasteiger partial charge in [0, 0.05) is 37.6 Å². The van der Waals surface area contributed by atoms with Gasteiger partial charge in [0.15, 0.2) is 0 Å². The molecule has 0 radical (unpaired) electrons. The van der Waals surface area contributed by atoms with Gasteiger partial charge in [-0.05, 0) is 66.4 Å². The van der Waals surface area contributed by atoms with Crippen LogP contribution in [-0.2, 0) is 26.2 Å². The molecule has 10 heteroatoms. The van der Waals surface area contributed by atoms with Crippen LogP contribution in [0.4, 0.5) is 0 Å². The Kier molecular flexibility index (Phi) is 7.00. The Morgan fingerprint density at radius 1 is 1.03 bits per heavy atom. The highest BCUT2D eigenvalue weighted by atomic mass is 32.2. The zero-order valence-corrected chi connectivity index (χ0v) is 21.6. The molecular formula is C28H27N3O6S. The van der Waals surface area contributed by atoms with Crippen LogP contribution in [0.15, 0.2) is 83.5 Å². The standard InChI is InChI=1S/C28H27N3O6S/c1-37-22-10-6-20(7-11-22)25-24(27(33)28(34)31(25)18-19-5-4-14-29-17-19)26(32)21-8-12-23(13-9-21)38(35,36)30-15-2-3-16-30/h4-14,17,25,32H,2-3,15-16,18H2,1H3/t25-/m1/s1. The molecule has 2 aromatic carbocycles. The number of likely N-dealkylation sites (tertiary alicyclic amines) is 1. The van der Waals surface area contributed by atoms with Crippen molar-refractivity contribution in [2.24, 2.45) is 0 Å². The van der Waals surface area contributed by atoms with Gasteiger partial charge in [0.25, 0.3) is 11.7 Å². The van der Waals surface area contributed by atoms with Crippen LogP contribution in [0.2, 0.25) is 0 Å². The number of aliphatic hydroxyl groups is 1. The number of aliphatic hydroxyl groups excluding tert-OH is 1. The van der Waals surface area contributed by atoms with Gasteiger partial charge in [-0.1, -0.05) is 18.2 Å². The smallest absolute Gasteiger partial charge is 0.295 e. The summed E-state index contributed by atoms with van der Waals surface area (Å²) in [5, 5.41) is 11.3. The molecular weight excluding hydrogens is 506 g/mol. The van der Waals surface area contributed by atoms with E-state index in [0.29, 0.717) is 24.4 Å². The molecule has 2 saturated heterocycles. The van der Waals surface area contributed by atoms with Gasteiger partial charge < -0.3 is 14.7 Å². The molecule has 5 rings (SSSR count). The fourth-order valence-corrected chi connectivity index (χ4v) is 6.40. The van der Waals surface area contributed by atoms with E-state index in [4.69, 9.17) is 4.74 Å². The van der Waals surface area contributed by atoms with Gasteiger partial charge in [-0.25, -0.2) is 8.42 Å². The zero-order chi connectivity index (χ0) is 26.9. The number of carbonyl (C=O) groups excluding carboxylic acids is 2. The van der Waals surface area contributed by atoms with E-state index in [9.17, 15) is 23.1 Å². The second-order valence-electron chi connectivity index (χ2n) is 9.20. The first-order valence-electron chi connectivity index (χ1n) is 12.2. The molecule has 0 saturated carbocycles. The number of hydrogen-bond acceptors (Lipinski definition) is 7. The third-order valence-electron chi connectivity index (χ3n) is 6.88. The lowest BCUT2D eigenvalue weighted by molar-refractivity contribution is -0.140. The minimum absolute atomic E-state index is 0.0702. The molecule has 2 fully saturated rings. The first-order valence-corrected chi connectivity index (χ1v) is 13.7. The number of rotatable bonds is 7. The lowest BCUT2D eigenvalue weighted by Gasteiger charge is -2.25. The van der Waals surface area contributed by atoms with Crippen LogP contribution in [0, 0.1) is 0 Å². The maximum absolute atomic E-state index is 13.3. The summed E-state index contributed by atoms with van der Waals surface area (Å²) in [6, 6.07) is 15.3. The van der Waals surface area contributed by atoms with E-state index < -0.39 is 27.8 Å². The van der Waals surface area contributed by atoms with Crippen LogP contribution in [0.5, 0.6) is 5.75 Å². The number of pyridine rings is 1. The summed E-state index contributed by atoms with van der Waals surface area (Å²) in [6.07, 6.45) is 4.88. The van der Waals surface area contributed by atoms with Crippen molar-refractivity contribution in [1.82, 2.24) is 14.2 Å². The highest BCUT2D eigenvalue weighted by molar-refractivity contribution is 7.89. The molecule has 38 heavy (non-hydrogen) atoms. The Morgan fingerprint density at radius 2 is 1.71 bits per heavy atom. The lowest BCUT2D eigenvalue weighted by Crippen LogP contribution is -2.29. The first-order chi connectivity index (χ1) is 18.3. The van der Waals surface area contributed by atoms with Crippen LogP contribution in [0.3, 0.4) is 0 Å². The average molecular weight is 534 g/mol. The van der Waals surface area contributed by atoms with E-state index in [0.717, 1.165) is 18.4 Å². The van der Waals surface area contributed by atoms with Crippen LogP contribution >= 0.6 is 0 Å². The Bertz CT molecular complexity index is 1480. The Hall–Kier alpha value is -4.02. The summed E-state index contributed by atoms with van der Waals surface area (Å²) in [4.78, 5) is 32.1. The third kappa shape index (κ3) is 4.68. The summed E-state index contributed by atoms with van der Waals surface area (Å²) < 4.78 is 32.5. The second-order valence-corrected chi connectivity index (χ2v) is 11.1. The number of hydrogen-bond donors (Lipinski definition) is 1. The van der Waals surface area contributed by atoms with Crippen molar-refractivity contribution < 1.29 is 27.9 Å². The summed E-state index contributed by atoms with van der Waals surface area (Å²) in [6.45, 7) is 1.07. The number of Topliss-reactive ketones (excluding diaryl/α,β-unsaturated/α-hetero) is 1. The number of methoxy groups -OCH3 is 1. The molecule has 9 nitrogen and oxygen atoms in total. The molecule has 3 heterocycles. The van der Waals surface area contributed by atoms with Crippen LogP contribution < -0.4 is 4.74 Å². The van der Waals surface area contributed by atoms with Gasteiger partial charge in [0.1, 0.15) is 11.5 Å². The molecule has 1 amide bonds. The molecule has 0 aliphatic carbocycles. The number of benzene rings is 2. The largest absolute Gasteiger partial charge is 0.507 e.